The maximum Gasteiger partial charge on any atom is 0.0958 e. The fourth-order valence-corrected chi connectivity index (χ4v) is 2.63. The van der Waals surface area contributed by atoms with Crippen molar-refractivity contribution in [3.8, 4) is 0 Å². The first-order chi connectivity index (χ1) is 6.81. The fourth-order valence-electron chi connectivity index (χ4n) is 1.48. The van der Waals surface area contributed by atoms with E-state index in [2.05, 4.69) is 31.1 Å². The molecule has 14 heavy (non-hydrogen) atoms. The van der Waals surface area contributed by atoms with Crippen LogP contribution >= 0.6 is 11.3 Å². The summed E-state index contributed by atoms with van der Waals surface area (Å²) in [6.07, 6.45) is 4.41. The van der Waals surface area contributed by atoms with Gasteiger partial charge >= 0.3 is 0 Å². The van der Waals surface area contributed by atoms with Gasteiger partial charge in [0.25, 0.3) is 0 Å². The van der Waals surface area contributed by atoms with Gasteiger partial charge in [0.2, 0.25) is 0 Å². The van der Waals surface area contributed by atoms with Gasteiger partial charge in [-0.3, -0.25) is 0 Å². The fraction of sp³-hybridized carbons (Fsp3) is 0.727. The SMILES string of the molecule is CCNCc1cnc(C(CC)CC)s1. The van der Waals surface area contributed by atoms with Crippen molar-refractivity contribution in [1.82, 2.24) is 10.3 Å². The summed E-state index contributed by atoms with van der Waals surface area (Å²) in [7, 11) is 0. The van der Waals surface area contributed by atoms with Crippen molar-refractivity contribution in [1.29, 1.82) is 0 Å². The predicted octanol–water partition coefficient (Wildman–Crippen LogP) is 3.16. The molecule has 3 heteroatoms. The van der Waals surface area contributed by atoms with Crippen LogP contribution < -0.4 is 5.32 Å². The van der Waals surface area contributed by atoms with E-state index in [9.17, 15) is 0 Å². The summed E-state index contributed by atoms with van der Waals surface area (Å²) in [6, 6.07) is 0. The van der Waals surface area contributed by atoms with E-state index in [1.165, 1.54) is 22.7 Å². The molecule has 1 aromatic heterocycles. The molecule has 0 saturated heterocycles. The maximum absolute atomic E-state index is 4.49. The summed E-state index contributed by atoms with van der Waals surface area (Å²) >= 11 is 1.86. The van der Waals surface area contributed by atoms with Crippen molar-refractivity contribution < 1.29 is 0 Å². The number of nitrogens with one attached hydrogen (secondary N) is 1. The van der Waals surface area contributed by atoms with Crippen molar-refractivity contribution in [2.24, 2.45) is 0 Å². The third kappa shape index (κ3) is 3.07. The van der Waals surface area contributed by atoms with Crippen LogP contribution in [0.15, 0.2) is 6.20 Å². The zero-order chi connectivity index (χ0) is 10.4. The number of aromatic nitrogens is 1. The van der Waals surface area contributed by atoms with Gasteiger partial charge in [0, 0.05) is 23.5 Å². The lowest BCUT2D eigenvalue weighted by molar-refractivity contribution is 0.637. The zero-order valence-corrected chi connectivity index (χ0v) is 10.2. The summed E-state index contributed by atoms with van der Waals surface area (Å²) in [5.41, 5.74) is 0. The lowest BCUT2D eigenvalue weighted by Crippen LogP contribution is -2.10. The molecule has 0 radical (unpaired) electrons. The Morgan fingerprint density at radius 1 is 1.36 bits per heavy atom. The van der Waals surface area contributed by atoms with Crippen molar-refractivity contribution in [3.63, 3.8) is 0 Å². The molecule has 1 aromatic rings. The molecule has 0 fully saturated rings. The molecule has 0 saturated carbocycles. The normalized spacial score (nSPS) is 11.1. The van der Waals surface area contributed by atoms with Crippen LogP contribution in [0, 0.1) is 0 Å². The molecule has 2 nitrogen and oxygen atoms in total. The van der Waals surface area contributed by atoms with Crippen LogP contribution in [0.2, 0.25) is 0 Å². The Morgan fingerprint density at radius 3 is 2.64 bits per heavy atom. The van der Waals surface area contributed by atoms with E-state index >= 15 is 0 Å². The molecule has 0 atom stereocenters. The minimum Gasteiger partial charge on any atom is -0.312 e. The molecule has 0 bridgehead atoms. The van der Waals surface area contributed by atoms with E-state index in [0.29, 0.717) is 5.92 Å². The molecule has 0 aromatic carbocycles. The van der Waals surface area contributed by atoms with Crippen molar-refractivity contribution in [2.45, 2.75) is 46.1 Å². The van der Waals surface area contributed by atoms with Crippen molar-refractivity contribution in [2.75, 3.05) is 6.54 Å². The van der Waals surface area contributed by atoms with Gasteiger partial charge in [-0.15, -0.1) is 11.3 Å². The summed E-state index contributed by atoms with van der Waals surface area (Å²) in [5, 5.41) is 4.63. The molecule has 1 N–H and O–H groups in total. The van der Waals surface area contributed by atoms with Crippen molar-refractivity contribution >= 4 is 11.3 Å². The second-order valence-corrected chi connectivity index (χ2v) is 4.61. The highest BCUT2D eigenvalue weighted by Crippen LogP contribution is 2.26. The molecule has 0 aliphatic heterocycles. The molecular weight excluding hydrogens is 192 g/mol. The van der Waals surface area contributed by atoms with Crippen LogP contribution in [0.5, 0.6) is 0 Å². The van der Waals surface area contributed by atoms with Gasteiger partial charge in [0.05, 0.1) is 5.01 Å². The van der Waals surface area contributed by atoms with E-state index in [0.717, 1.165) is 13.1 Å². The van der Waals surface area contributed by atoms with Gasteiger partial charge in [0.1, 0.15) is 0 Å². The van der Waals surface area contributed by atoms with E-state index < -0.39 is 0 Å². The average molecular weight is 212 g/mol. The number of hydrogen-bond acceptors (Lipinski definition) is 3. The molecular formula is C11H20N2S. The molecule has 1 rings (SSSR count). The summed E-state index contributed by atoms with van der Waals surface area (Å²) in [4.78, 5) is 5.84. The summed E-state index contributed by atoms with van der Waals surface area (Å²) in [6.45, 7) is 8.59. The van der Waals surface area contributed by atoms with Crippen LogP contribution in [0.25, 0.3) is 0 Å². The van der Waals surface area contributed by atoms with Gasteiger partial charge in [-0.1, -0.05) is 20.8 Å². The minimum absolute atomic E-state index is 0.662. The third-order valence-corrected chi connectivity index (χ3v) is 3.62. The molecule has 0 aliphatic carbocycles. The Balaban J connectivity index is 2.57. The molecule has 0 spiro atoms. The van der Waals surface area contributed by atoms with Crippen LogP contribution in [0.4, 0.5) is 0 Å². The highest BCUT2D eigenvalue weighted by Gasteiger charge is 2.10. The molecule has 1 heterocycles. The third-order valence-electron chi connectivity index (χ3n) is 2.46. The highest BCUT2D eigenvalue weighted by atomic mass is 32.1. The average Bonchev–Trinajstić information content (AvgIpc) is 2.65. The van der Waals surface area contributed by atoms with Crippen molar-refractivity contribution in [3.05, 3.63) is 16.1 Å². The van der Waals surface area contributed by atoms with Gasteiger partial charge in [-0.25, -0.2) is 4.98 Å². The molecule has 80 valence electrons. The predicted molar refractivity (Wildman–Crippen MR) is 62.8 cm³/mol. The minimum atomic E-state index is 0.662. The number of rotatable bonds is 6. The Kier molecular flexibility index (Phi) is 5.12. The molecule has 0 unspecified atom stereocenters. The van der Waals surface area contributed by atoms with E-state index in [-0.39, 0.29) is 0 Å². The largest absolute Gasteiger partial charge is 0.312 e. The van der Waals surface area contributed by atoms with Gasteiger partial charge < -0.3 is 5.32 Å². The first kappa shape index (κ1) is 11.7. The van der Waals surface area contributed by atoms with Crippen LogP contribution in [-0.4, -0.2) is 11.5 Å². The first-order valence-electron chi connectivity index (χ1n) is 5.47. The summed E-state index contributed by atoms with van der Waals surface area (Å²) < 4.78 is 0. The summed E-state index contributed by atoms with van der Waals surface area (Å²) in [5.74, 6) is 0.662. The maximum atomic E-state index is 4.49. The lowest BCUT2D eigenvalue weighted by Gasteiger charge is -2.06. The smallest absolute Gasteiger partial charge is 0.0958 e. The monoisotopic (exact) mass is 212 g/mol. The Morgan fingerprint density at radius 2 is 2.07 bits per heavy atom. The molecule has 0 aliphatic rings. The van der Waals surface area contributed by atoms with Crippen LogP contribution in [-0.2, 0) is 6.54 Å². The Hall–Kier alpha value is -0.410. The van der Waals surface area contributed by atoms with E-state index in [1.54, 1.807) is 0 Å². The van der Waals surface area contributed by atoms with Crippen LogP contribution in [0.3, 0.4) is 0 Å². The highest BCUT2D eigenvalue weighted by molar-refractivity contribution is 7.11. The Labute approximate surface area is 90.8 Å². The van der Waals surface area contributed by atoms with Gasteiger partial charge in [0.15, 0.2) is 0 Å². The van der Waals surface area contributed by atoms with Gasteiger partial charge in [-0.05, 0) is 19.4 Å². The van der Waals surface area contributed by atoms with E-state index in [4.69, 9.17) is 0 Å². The van der Waals surface area contributed by atoms with Crippen LogP contribution in [0.1, 0.15) is 49.4 Å². The second kappa shape index (κ2) is 6.14. The zero-order valence-electron chi connectivity index (χ0n) is 9.34. The Bertz CT molecular complexity index is 254. The number of hydrogen-bond donors (Lipinski definition) is 1. The molecule has 0 amide bonds. The number of nitrogens with zero attached hydrogens (tertiary/aromatic N) is 1. The first-order valence-corrected chi connectivity index (χ1v) is 6.28. The standard InChI is InChI=1S/C11H20N2S/c1-4-9(5-2)11-13-8-10(14-11)7-12-6-3/h8-9,12H,4-7H2,1-3H3. The van der Waals surface area contributed by atoms with E-state index in [1.807, 2.05) is 17.5 Å². The lowest BCUT2D eigenvalue weighted by atomic mass is 10.1. The topological polar surface area (TPSA) is 24.9 Å². The quantitative estimate of drug-likeness (QED) is 0.783. The number of thiazole rings is 1. The van der Waals surface area contributed by atoms with Gasteiger partial charge in [-0.2, -0.15) is 0 Å². The second-order valence-electron chi connectivity index (χ2n) is 3.46.